The van der Waals surface area contributed by atoms with Crippen LogP contribution in [-0.2, 0) is 16.0 Å². The molecule has 0 bridgehead atoms. The quantitative estimate of drug-likeness (QED) is 0.196. The molecule has 0 radical (unpaired) electrons. The van der Waals surface area contributed by atoms with E-state index in [1.165, 1.54) is 16.2 Å². The minimum Gasteiger partial charge on any atom is -0.507 e. The van der Waals surface area contributed by atoms with Crippen LogP contribution in [0.1, 0.15) is 42.1 Å². The number of hydrogen-bond donors (Lipinski definition) is 1. The predicted molar refractivity (Wildman–Crippen MR) is 147 cm³/mol. The summed E-state index contributed by atoms with van der Waals surface area (Å²) in [5.74, 6) is -0.246. The van der Waals surface area contributed by atoms with Gasteiger partial charge in [0.15, 0.2) is 5.13 Å². The van der Waals surface area contributed by atoms with Gasteiger partial charge in [-0.25, -0.2) is 4.98 Å². The number of carbonyl (C=O) groups excluding carboxylic acids is 2. The molecule has 38 heavy (non-hydrogen) atoms. The zero-order valence-electron chi connectivity index (χ0n) is 21.2. The van der Waals surface area contributed by atoms with E-state index in [0.29, 0.717) is 35.0 Å². The number of ketones is 1. The second-order valence-electron chi connectivity index (χ2n) is 9.59. The highest BCUT2D eigenvalue weighted by Crippen LogP contribution is 2.45. The molecule has 6 rings (SSSR count). The van der Waals surface area contributed by atoms with Gasteiger partial charge >= 0.3 is 5.91 Å². The molecule has 1 amide bonds. The summed E-state index contributed by atoms with van der Waals surface area (Å²) < 4.78 is 12.3. The molecule has 1 aromatic heterocycles. The number of anilines is 1. The zero-order valence-corrected chi connectivity index (χ0v) is 22.0. The number of fused-ring (bicyclic) bond motifs is 2. The van der Waals surface area contributed by atoms with Crippen LogP contribution in [0.2, 0.25) is 0 Å². The first-order valence-electron chi connectivity index (χ1n) is 12.5. The maximum absolute atomic E-state index is 13.5. The lowest BCUT2D eigenvalue weighted by Gasteiger charge is -2.23. The number of hydrogen-bond acceptors (Lipinski definition) is 7. The van der Waals surface area contributed by atoms with Crippen molar-refractivity contribution in [2.75, 3.05) is 11.5 Å². The Bertz CT molecular complexity index is 1620. The van der Waals surface area contributed by atoms with Gasteiger partial charge in [-0.05, 0) is 79.9 Å². The molecule has 1 N–H and O–H groups in total. The third-order valence-electron chi connectivity index (χ3n) is 6.86. The lowest BCUT2D eigenvalue weighted by molar-refractivity contribution is -0.132. The first-order valence-corrected chi connectivity index (χ1v) is 13.4. The Labute approximate surface area is 224 Å². The summed E-state index contributed by atoms with van der Waals surface area (Å²) in [6.07, 6.45) is 0.748. The number of nitrogens with zero attached hydrogens (tertiary/aromatic N) is 2. The Balaban J connectivity index is 1.51. The highest BCUT2D eigenvalue weighted by atomic mass is 32.1. The molecule has 0 saturated carbocycles. The molecule has 1 fully saturated rings. The van der Waals surface area contributed by atoms with Crippen molar-refractivity contribution < 1.29 is 24.2 Å². The summed E-state index contributed by atoms with van der Waals surface area (Å²) >= 11 is 1.35. The van der Waals surface area contributed by atoms with Crippen LogP contribution in [0.15, 0.2) is 66.2 Å². The van der Waals surface area contributed by atoms with Gasteiger partial charge in [0.1, 0.15) is 23.4 Å². The Morgan fingerprint density at radius 1 is 1.13 bits per heavy atom. The van der Waals surface area contributed by atoms with Crippen LogP contribution in [0.4, 0.5) is 5.13 Å². The number of amides is 1. The normalized spacial score (nSPS) is 20.1. The van der Waals surface area contributed by atoms with Gasteiger partial charge in [0.2, 0.25) is 0 Å². The number of thiazole rings is 1. The van der Waals surface area contributed by atoms with E-state index < -0.39 is 17.7 Å². The summed E-state index contributed by atoms with van der Waals surface area (Å²) in [4.78, 5) is 33.2. The fraction of sp³-hybridized carbons (Fsp3) is 0.233. The number of aryl methyl sites for hydroxylation is 1. The summed E-state index contributed by atoms with van der Waals surface area (Å²) in [5.41, 5.74) is 3.94. The lowest BCUT2D eigenvalue weighted by atomic mass is 9.94. The maximum Gasteiger partial charge on any atom is 0.301 e. The van der Waals surface area contributed by atoms with Crippen LogP contribution in [0.3, 0.4) is 0 Å². The van der Waals surface area contributed by atoms with E-state index in [1.54, 1.807) is 24.3 Å². The van der Waals surface area contributed by atoms with Gasteiger partial charge in [-0.2, -0.15) is 0 Å². The van der Waals surface area contributed by atoms with E-state index in [1.807, 2.05) is 57.2 Å². The van der Waals surface area contributed by atoms with Crippen LogP contribution in [0.5, 0.6) is 11.5 Å². The SMILES string of the molecule is CCOc1ccc([C@H]2/C(=C(\O)c3ccc4c(c3)C[C@@H](C)O4)C(=O)C(=O)N2c2nc3ccc(C)cc3s2)cc1. The van der Waals surface area contributed by atoms with Crippen LogP contribution >= 0.6 is 11.3 Å². The van der Waals surface area contributed by atoms with Crippen LogP contribution < -0.4 is 14.4 Å². The summed E-state index contributed by atoms with van der Waals surface area (Å²) in [6.45, 7) is 6.40. The highest BCUT2D eigenvalue weighted by Gasteiger charge is 2.48. The topological polar surface area (TPSA) is 89.0 Å². The number of ether oxygens (including phenoxy) is 2. The zero-order chi connectivity index (χ0) is 26.6. The van der Waals surface area contributed by atoms with Gasteiger partial charge in [0.05, 0.1) is 28.4 Å². The number of benzene rings is 3. The van der Waals surface area contributed by atoms with E-state index in [0.717, 1.165) is 27.1 Å². The number of aliphatic hydroxyl groups excluding tert-OH is 1. The molecule has 0 aliphatic carbocycles. The van der Waals surface area contributed by atoms with Crippen molar-refractivity contribution in [3.63, 3.8) is 0 Å². The molecule has 0 unspecified atom stereocenters. The number of rotatable bonds is 5. The van der Waals surface area contributed by atoms with Crippen molar-refractivity contribution in [1.82, 2.24) is 4.98 Å². The molecule has 0 spiro atoms. The first kappa shape index (κ1) is 24.2. The third kappa shape index (κ3) is 4.01. The minimum atomic E-state index is -0.851. The van der Waals surface area contributed by atoms with E-state index in [-0.39, 0.29) is 17.4 Å². The van der Waals surface area contributed by atoms with Gasteiger partial charge in [-0.1, -0.05) is 29.5 Å². The Hall–Kier alpha value is -4.17. The molecule has 3 heterocycles. The van der Waals surface area contributed by atoms with Gasteiger partial charge in [-0.3, -0.25) is 14.5 Å². The second kappa shape index (κ2) is 9.29. The van der Waals surface area contributed by atoms with Crippen molar-refractivity contribution in [3.8, 4) is 11.5 Å². The highest BCUT2D eigenvalue weighted by molar-refractivity contribution is 7.22. The maximum atomic E-state index is 13.5. The predicted octanol–water partition coefficient (Wildman–Crippen LogP) is 5.95. The molecule has 2 aliphatic rings. The molecular weight excluding hydrogens is 500 g/mol. The van der Waals surface area contributed by atoms with E-state index in [9.17, 15) is 14.7 Å². The molecule has 8 heteroatoms. The Morgan fingerprint density at radius 2 is 1.92 bits per heavy atom. The molecule has 7 nitrogen and oxygen atoms in total. The molecule has 4 aromatic rings. The number of Topliss-reactive ketones (excluding diaryl/α,β-unsaturated/α-hetero) is 1. The molecule has 1 saturated heterocycles. The number of carbonyl (C=O) groups is 2. The van der Waals surface area contributed by atoms with Gasteiger partial charge < -0.3 is 14.6 Å². The van der Waals surface area contributed by atoms with Crippen LogP contribution in [0, 0.1) is 6.92 Å². The molecule has 192 valence electrons. The fourth-order valence-electron chi connectivity index (χ4n) is 5.11. The standard InChI is InChI=1S/C30H26N2O5S/c1-4-36-21-9-6-18(7-10-21)26-25(27(33)19-8-12-23-20(15-19)14-17(3)37-23)28(34)29(35)32(26)30-31-22-11-5-16(2)13-24(22)38-30/h5-13,15,17,26,33H,4,14H2,1-3H3/b27-25+/t17-,26+/m1/s1. The molecule has 2 aliphatic heterocycles. The second-order valence-corrected chi connectivity index (χ2v) is 10.6. The third-order valence-corrected chi connectivity index (χ3v) is 7.88. The summed E-state index contributed by atoms with van der Waals surface area (Å²) in [7, 11) is 0. The van der Waals surface area contributed by atoms with Crippen molar-refractivity contribution in [3.05, 3.63) is 88.5 Å². The van der Waals surface area contributed by atoms with E-state index in [4.69, 9.17) is 14.5 Å². The Morgan fingerprint density at radius 3 is 2.68 bits per heavy atom. The minimum absolute atomic E-state index is 0.0292. The average Bonchev–Trinajstić information content (AvgIpc) is 3.56. The van der Waals surface area contributed by atoms with Crippen LogP contribution in [-0.4, -0.2) is 34.5 Å². The largest absolute Gasteiger partial charge is 0.507 e. The van der Waals surface area contributed by atoms with Gasteiger partial charge in [-0.15, -0.1) is 0 Å². The monoisotopic (exact) mass is 526 g/mol. The van der Waals surface area contributed by atoms with Gasteiger partial charge in [0, 0.05) is 12.0 Å². The van der Waals surface area contributed by atoms with Crippen molar-refractivity contribution in [1.29, 1.82) is 0 Å². The number of aliphatic hydroxyl groups is 1. The van der Waals surface area contributed by atoms with E-state index in [2.05, 4.69) is 0 Å². The summed E-state index contributed by atoms with van der Waals surface area (Å²) in [5, 5.41) is 11.9. The average molecular weight is 527 g/mol. The van der Waals surface area contributed by atoms with Crippen molar-refractivity contribution in [2.24, 2.45) is 0 Å². The van der Waals surface area contributed by atoms with E-state index >= 15 is 0 Å². The lowest BCUT2D eigenvalue weighted by Crippen LogP contribution is -2.29. The van der Waals surface area contributed by atoms with Crippen LogP contribution in [0.25, 0.3) is 16.0 Å². The van der Waals surface area contributed by atoms with Crippen molar-refractivity contribution >= 4 is 44.1 Å². The molecular formula is C30H26N2O5S. The Kier molecular flexibility index (Phi) is 5.91. The number of aromatic nitrogens is 1. The van der Waals surface area contributed by atoms with Gasteiger partial charge in [0.25, 0.3) is 5.78 Å². The molecule has 3 aromatic carbocycles. The first-order chi connectivity index (χ1) is 18.3. The fourth-order valence-corrected chi connectivity index (χ4v) is 6.20. The summed E-state index contributed by atoms with van der Waals surface area (Å²) in [6, 6.07) is 17.6. The molecule has 2 atom stereocenters. The smallest absolute Gasteiger partial charge is 0.301 e. The van der Waals surface area contributed by atoms with Crippen molar-refractivity contribution in [2.45, 2.75) is 39.3 Å².